The second-order valence-electron chi connectivity index (χ2n) is 6.35. The highest BCUT2D eigenvalue weighted by Crippen LogP contribution is 2.22. The van der Waals surface area contributed by atoms with Gasteiger partial charge in [0.05, 0.1) is 18.8 Å². The molecular formula is C15H32O2. The summed E-state index contributed by atoms with van der Waals surface area (Å²) in [7, 11) is 0. The third-order valence-electron chi connectivity index (χ3n) is 2.96. The van der Waals surface area contributed by atoms with Gasteiger partial charge in [-0.2, -0.15) is 0 Å². The van der Waals surface area contributed by atoms with Gasteiger partial charge in [-0.1, -0.05) is 34.6 Å². The first-order valence-corrected chi connectivity index (χ1v) is 7.11. The van der Waals surface area contributed by atoms with Gasteiger partial charge in [0.15, 0.2) is 0 Å². The van der Waals surface area contributed by atoms with Crippen LogP contribution in [0.2, 0.25) is 0 Å². The van der Waals surface area contributed by atoms with Gasteiger partial charge in [0.25, 0.3) is 0 Å². The first kappa shape index (κ1) is 16.9. The summed E-state index contributed by atoms with van der Waals surface area (Å²) >= 11 is 0. The van der Waals surface area contributed by atoms with E-state index in [2.05, 4.69) is 34.6 Å². The minimum absolute atomic E-state index is 0.0370. The zero-order chi connectivity index (χ0) is 13.4. The number of hydrogen-bond donors (Lipinski definition) is 1. The molecule has 0 amide bonds. The largest absolute Gasteiger partial charge is 0.394 e. The predicted octanol–water partition coefficient (Wildman–Crippen LogP) is 3.87. The lowest BCUT2D eigenvalue weighted by Gasteiger charge is -2.26. The Hall–Kier alpha value is -0.0800. The maximum atomic E-state index is 9.07. The van der Waals surface area contributed by atoms with E-state index in [0.29, 0.717) is 17.9 Å². The highest BCUT2D eigenvalue weighted by molar-refractivity contribution is 4.68. The fourth-order valence-corrected chi connectivity index (χ4v) is 2.45. The molecule has 0 radical (unpaired) electrons. The molecule has 0 bridgehead atoms. The van der Waals surface area contributed by atoms with Crippen LogP contribution in [-0.2, 0) is 4.74 Å². The fourth-order valence-electron chi connectivity index (χ4n) is 2.45. The van der Waals surface area contributed by atoms with Gasteiger partial charge in [0.2, 0.25) is 0 Å². The lowest BCUT2D eigenvalue weighted by atomic mass is 9.91. The molecule has 0 fully saturated rings. The first-order valence-electron chi connectivity index (χ1n) is 7.11. The highest BCUT2D eigenvalue weighted by atomic mass is 16.5. The molecule has 3 unspecified atom stereocenters. The van der Waals surface area contributed by atoms with Crippen molar-refractivity contribution in [1.82, 2.24) is 0 Å². The summed E-state index contributed by atoms with van der Waals surface area (Å²) in [5.74, 6) is 2.10. The third kappa shape index (κ3) is 9.61. The van der Waals surface area contributed by atoms with Gasteiger partial charge in [-0.25, -0.2) is 0 Å². The van der Waals surface area contributed by atoms with E-state index in [0.717, 1.165) is 18.8 Å². The molecule has 0 aliphatic rings. The molecule has 0 saturated heterocycles. The van der Waals surface area contributed by atoms with E-state index < -0.39 is 0 Å². The molecule has 0 saturated carbocycles. The molecule has 0 aromatic rings. The predicted molar refractivity (Wildman–Crippen MR) is 74.1 cm³/mol. The normalized spacial score (nSPS) is 17.5. The van der Waals surface area contributed by atoms with Gasteiger partial charge in [-0.05, 0) is 43.9 Å². The molecule has 0 aliphatic carbocycles. The van der Waals surface area contributed by atoms with E-state index in [-0.39, 0.29) is 12.7 Å². The molecule has 0 rings (SSSR count). The van der Waals surface area contributed by atoms with Gasteiger partial charge in [0, 0.05) is 0 Å². The monoisotopic (exact) mass is 244 g/mol. The van der Waals surface area contributed by atoms with Crippen LogP contribution in [0.5, 0.6) is 0 Å². The Morgan fingerprint density at radius 3 is 1.76 bits per heavy atom. The maximum Gasteiger partial charge on any atom is 0.0781 e. The van der Waals surface area contributed by atoms with Gasteiger partial charge in [0.1, 0.15) is 0 Å². The molecule has 2 heteroatoms. The standard InChI is InChI=1S/C15H32O2/c1-11(2)7-13(5)9-15(8-12(3)4)17-14(6)10-16/h11-16H,7-10H2,1-6H3. The lowest BCUT2D eigenvalue weighted by Crippen LogP contribution is -2.26. The average molecular weight is 244 g/mol. The van der Waals surface area contributed by atoms with Crippen LogP contribution >= 0.6 is 0 Å². The van der Waals surface area contributed by atoms with Crippen LogP contribution < -0.4 is 0 Å². The Morgan fingerprint density at radius 1 is 0.824 bits per heavy atom. The van der Waals surface area contributed by atoms with Crippen molar-refractivity contribution in [3.8, 4) is 0 Å². The Bertz CT molecular complexity index is 178. The molecule has 1 N–H and O–H groups in total. The van der Waals surface area contributed by atoms with E-state index in [4.69, 9.17) is 9.84 Å². The Labute approximate surface area is 108 Å². The van der Waals surface area contributed by atoms with Crippen molar-refractivity contribution in [1.29, 1.82) is 0 Å². The van der Waals surface area contributed by atoms with Gasteiger partial charge < -0.3 is 9.84 Å². The third-order valence-corrected chi connectivity index (χ3v) is 2.96. The summed E-state index contributed by atoms with van der Waals surface area (Å²) in [6.07, 6.45) is 3.72. The Morgan fingerprint density at radius 2 is 1.35 bits per heavy atom. The Kier molecular flexibility index (Phi) is 8.89. The van der Waals surface area contributed by atoms with Crippen LogP contribution in [0, 0.1) is 17.8 Å². The van der Waals surface area contributed by atoms with Crippen molar-refractivity contribution in [2.45, 2.75) is 73.0 Å². The minimum atomic E-state index is -0.0370. The van der Waals surface area contributed by atoms with Gasteiger partial charge in [-0.15, -0.1) is 0 Å². The lowest BCUT2D eigenvalue weighted by molar-refractivity contribution is -0.0471. The van der Waals surface area contributed by atoms with Crippen molar-refractivity contribution in [2.24, 2.45) is 17.8 Å². The molecule has 17 heavy (non-hydrogen) atoms. The van der Waals surface area contributed by atoms with Crippen LogP contribution in [0.4, 0.5) is 0 Å². The summed E-state index contributed by atoms with van der Waals surface area (Å²) in [5.41, 5.74) is 0. The van der Waals surface area contributed by atoms with Crippen molar-refractivity contribution < 1.29 is 9.84 Å². The number of rotatable bonds is 9. The van der Waals surface area contributed by atoms with E-state index >= 15 is 0 Å². The van der Waals surface area contributed by atoms with Crippen molar-refractivity contribution in [2.75, 3.05) is 6.61 Å². The van der Waals surface area contributed by atoms with E-state index in [9.17, 15) is 0 Å². The molecule has 2 nitrogen and oxygen atoms in total. The summed E-state index contributed by atoms with van der Waals surface area (Å²) in [6.45, 7) is 13.4. The number of ether oxygens (including phenoxy) is 1. The molecule has 0 aliphatic heterocycles. The molecule has 0 heterocycles. The average Bonchev–Trinajstić information content (AvgIpc) is 2.14. The first-order chi connectivity index (χ1) is 7.85. The smallest absolute Gasteiger partial charge is 0.0781 e. The van der Waals surface area contributed by atoms with E-state index in [1.165, 1.54) is 6.42 Å². The van der Waals surface area contributed by atoms with Crippen LogP contribution in [0.3, 0.4) is 0 Å². The summed E-state index contributed by atoms with van der Waals surface area (Å²) in [5, 5.41) is 9.07. The highest BCUT2D eigenvalue weighted by Gasteiger charge is 2.18. The fraction of sp³-hybridized carbons (Fsp3) is 1.00. The van der Waals surface area contributed by atoms with Crippen molar-refractivity contribution >= 4 is 0 Å². The SMILES string of the molecule is CC(C)CC(C)CC(CC(C)C)OC(C)CO. The summed E-state index contributed by atoms with van der Waals surface area (Å²) in [4.78, 5) is 0. The van der Waals surface area contributed by atoms with Crippen LogP contribution in [-0.4, -0.2) is 23.9 Å². The summed E-state index contributed by atoms with van der Waals surface area (Å²) in [6, 6.07) is 0. The number of hydrogen-bond acceptors (Lipinski definition) is 2. The van der Waals surface area contributed by atoms with Crippen LogP contribution in [0.15, 0.2) is 0 Å². The number of aliphatic hydroxyl groups is 1. The zero-order valence-electron chi connectivity index (χ0n) is 12.6. The second-order valence-corrected chi connectivity index (χ2v) is 6.35. The quantitative estimate of drug-likeness (QED) is 0.667. The van der Waals surface area contributed by atoms with Gasteiger partial charge >= 0.3 is 0 Å². The van der Waals surface area contributed by atoms with Crippen molar-refractivity contribution in [3.05, 3.63) is 0 Å². The minimum Gasteiger partial charge on any atom is -0.394 e. The van der Waals surface area contributed by atoms with Crippen LogP contribution in [0.1, 0.15) is 60.8 Å². The Balaban J connectivity index is 4.17. The summed E-state index contributed by atoms with van der Waals surface area (Å²) < 4.78 is 5.91. The molecule has 0 aromatic heterocycles. The molecule has 0 spiro atoms. The number of aliphatic hydroxyl groups excluding tert-OH is 1. The van der Waals surface area contributed by atoms with Crippen molar-refractivity contribution in [3.63, 3.8) is 0 Å². The molecule has 104 valence electrons. The molecular weight excluding hydrogens is 212 g/mol. The maximum absolute atomic E-state index is 9.07. The molecule has 0 aromatic carbocycles. The van der Waals surface area contributed by atoms with Gasteiger partial charge in [-0.3, -0.25) is 0 Å². The molecule has 3 atom stereocenters. The van der Waals surface area contributed by atoms with E-state index in [1.54, 1.807) is 0 Å². The van der Waals surface area contributed by atoms with E-state index in [1.807, 2.05) is 6.92 Å². The van der Waals surface area contributed by atoms with Crippen LogP contribution in [0.25, 0.3) is 0 Å². The zero-order valence-corrected chi connectivity index (χ0v) is 12.6. The topological polar surface area (TPSA) is 29.5 Å². The second kappa shape index (κ2) is 8.93.